The third-order valence-corrected chi connectivity index (χ3v) is 3.40. The highest BCUT2D eigenvalue weighted by Crippen LogP contribution is 2.26. The lowest BCUT2D eigenvalue weighted by Gasteiger charge is -2.14. The SMILES string of the molecule is Cc1ccc(F)cc1NCc1cc(Br)ccc1OC(F)F. The van der Waals surface area contributed by atoms with Crippen molar-refractivity contribution in [2.45, 2.75) is 20.1 Å². The zero-order chi connectivity index (χ0) is 15.4. The zero-order valence-corrected chi connectivity index (χ0v) is 12.8. The van der Waals surface area contributed by atoms with E-state index in [2.05, 4.69) is 26.0 Å². The molecule has 112 valence electrons. The van der Waals surface area contributed by atoms with Gasteiger partial charge in [0.25, 0.3) is 0 Å². The van der Waals surface area contributed by atoms with Crippen molar-refractivity contribution in [2.24, 2.45) is 0 Å². The summed E-state index contributed by atoms with van der Waals surface area (Å²) in [7, 11) is 0. The van der Waals surface area contributed by atoms with Crippen molar-refractivity contribution in [3.05, 3.63) is 57.8 Å². The molecule has 0 saturated carbocycles. The molecule has 0 saturated heterocycles. The van der Waals surface area contributed by atoms with Crippen LogP contribution in [0.25, 0.3) is 0 Å². The first kappa shape index (κ1) is 15.7. The van der Waals surface area contributed by atoms with Gasteiger partial charge in [-0.05, 0) is 42.8 Å². The molecule has 0 heterocycles. The van der Waals surface area contributed by atoms with Gasteiger partial charge < -0.3 is 10.1 Å². The van der Waals surface area contributed by atoms with Gasteiger partial charge in [-0.15, -0.1) is 0 Å². The number of ether oxygens (including phenoxy) is 1. The predicted molar refractivity (Wildman–Crippen MR) is 79.2 cm³/mol. The van der Waals surface area contributed by atoms with E-state index in [1.807, 2.05) is 6.92 Å². The summed E-state index contributed by atoms with van der Waals surface area (Å²) < 4.78 is 43.2. The fourth-order valence-electron chi connectivity index (χ4n) is 1.87. The summed E-state index contributed by atoms with van der Waals surface area (Å²) >= 11 is 3.28. The fraction of sp³-hybridized carbons (Fsp3) is 0.200. The summed E-state index contributed by atoms with van der Waals surface area (Å²) in [6, 6.07) is 9.14. The first-order valence-corrected chi connectivity index (χ1v) is 6.98. The molecule has 0 aliphatic heterocycles. The Bertz CT molecular complexity index is 634. The Hall–Kier alpha value is -1.69. The van der Waals surface area contributed by atoms with Gasteiger partial charge in [0.1, 0.15) is 11.6 Å². The number of aryl methyl sites for hydroxylation is 1. The van der Waals surface area contributed by atoms with Crippen molar-refractivity contribution in [3.8, 4) is 5.75 Å². The van der Waals surface area contributed by atoms with E-state index in [1.54, 1.807) is 18.2 Å². The van der Waals surface area contributed by atoms with Crippen LogP contribution in [0.15, 0.2) is 40.9 Å². The molecule has 2 aromatic carbocycles. The van der Waals surface area contributed by atoms with Crippen molar-refractivity contribution in [1.82, 2.24) is 0 Å². The van der Waals surface area contributed by atoms with Gasteiger partial charge in [0.2, 0.25) is 0 Å². The van der Waals surface area contributed by atoms with Crippen molar-refractivity contribution in [1.29, 1.82) is 0 Å². The smallest absolute Gasteiger partial charge is 0.387 e. The minimum Gasteiger partial charge on any atom is -0.434 e. The number of benzene rings is 2. The largest absolute Gasteiger partial charge is 0.434 e. The topological polar surface area (TPSA) is 21.3 Å². The van der Waals surface area contributed by atoms with Crippen LogP contribution in [0, 0.1) is 12.7 Å². The molecule has 0 unspecified atom stereocenters. The molecule has 21 heavy (non-hydrogen) atoms. The number of rotatable bonds is 5. The molecule has 0 spiro atoms. The molecule has 2 aromatic rings. The summed E-state index contributed by atoms with van der Waals surface area (Å²) in [4.78, 5) is 0. The first-order valence-electron chi connectivity index (χ1n) is 6.19. The van der Waals surface area contributed by atoms with Crippen molar-refractivity contribution in [3.63, 3.8) is 0 Å². The first-order chi connectivity index (χ1) is 9.95. The molecule has 2 nitrogen and oxygen atoms in total. The monoisotopic (exact) mass is 359 g/mol. The van der Waals surface area contributed by atoms with E-state index in [1.165, 1.54) is 18.2 Å². The Morgan fingerprint density at radius 2 is 1.95 bits per heavy atom. The van der Waals surface area contributed by atoms with Crippen LogP contribution < -0.4 is 10.1 Å². The van der Waals surface area contributed by atoms with E-state index in [0.29, 0.717) is 11.3 Å². The Balaban J connectivity index is 2.18. The highest BCUT2D eigenvalue weighted by Gasteiger charge is 2.10. The fourth-order valence-corrected chi connectivity index (χ4v) is 2.28. The lowest BCUT2D eigenvalue weighted by atomic mass is 10.1. The maximum Gasteiger partial charge on any atom is 0.387 e. The summed E-state index contributed by atoms with van der Waals surface area (Å²) in [5.41, 5.74) is 2.02. The van der Waals surface area contributed by atoms with Crippen LogP contribution in [-0.2, 0) is 6.54 Å². The summed E-state index contributed by atoms with van der Waals surface area (Å²) in [5.74, 6) is -0.267. The molecule has 0 bridgehead atoms. The van der Waals surface area contributed by atoms with Crippen LogP contribution in [0.2, 0.25) is 0 Å². The minimum absolute atomic E-state index is 0.0924. The maximum atomic E-state index is 13.2. The molecule has 1 N–H and O–H groups in total. The van der Waals surface area contributed by atoms with E-state index in [9.17, 15) is 13.2 Å². The van der Waals surface area contributed by atoms with Crippen LogP contribution in [0.5, 0.6) is 5.75 Å². The molecule has 0 aliphatic rings. The second kappa shape index (κ2) is 6.85. The van der Waals surface area contributed by atoms with Crippen molar-refractivity contribution >= 4 is 21.6 Å². The lowest BCUT2D eigenvalue weighted by Crippen LogP contribution is -2.08. The third kappa shape index (κ3) is 4.39. The molecule has 0 fully saturated rings. The number of halogens is 4. The van der Waals surface area contributed by atoms with Crippen LogP contribution in [-0.4, -0.2) is 6.61 Å². The summed E-state index contributed by atoms with van der Waals surface area (Å²) in [5, 5.41) is 3.03. The summed E-state index contributed by atoms with van der Waals surface area (Å²) in [6.07, 6.45) is 0. The number of nitrogens with one attached hydrogen (secondary N) is 1. The Morgan fingerprint density at radius 1 is 1.19 bits per heavy atom. The number of anilines is 1. The van der Waals surface area contributed by atoms with Crippen LogP contribution >= 0.6 is 15.9 Å². The number of hydrogen-bond donors (Lipinski definition) is 1. The lowest BCUT2D eigenvalue weighted by molar-refractivity contribution is -0.0504. The quantitative estimate of drug-likeness (QED) is 0.800. The molecule has 0 amide bonds. The number of hydrogen-bond acceptors (Lipinski definition) is 2. The molecule has 0 aliphatic carbocycles. The molecule has 2 rings (SSSR count). The van der Waals surface area contributed by atoms with E-state index in [4.69, 9.17) is 0 Å². The van der Waals surface area contributed by atoms with Gasteiger partial charge in [0.15, 0.2) is 0 Å². The van der Waals surface area contributed by atoms with Gasteiger partial charge >= 0.3 is 6.61 Å². The van der Waals surface area contributed by atoms with E-state index >= 15 is 0 Å². The molecule has 0 atom stereocenters. The Morgan fingerprint density at radius 3 is 2.67 bits per heavy atom. The van der Waals surface area contributed by atoms with Crippen LogP contribution in [0.3, 0.4) is 0 Å². The normalized spacial score (nSPS) is 10.8. The molecule has 0 aromatic heterocycles. The highest BCUT2D eigenvalue weighted by atomic mass is 79.9. The van der Waals surface area contributed by atoms with Gasteiger partial charge in [0, 0.05) is 22.3 Å². The highest BCUT2D eigenvalue weighted by molar-refractivity contribution is 9.10. The standard InChI is InChI=1S/C15H13BrF3NO/c1-9-2-4-12(17)7-13(9)20-8-10-6-11(16)3-5-14(10)21-15(18)19/h2-7,15,20H,8H2,1H3. The van der Waals surface area contributed by atoms with Crippen molar-refractivity contribution in [2.75, 3.05) is 5.32 Å². The number of alkyl halides is 2. The van der Waals surface area contributed by atoms with Gasteiger partial charge in [-0.1, -0.05) is 22.0 Å². The van der Waals surface area contributed by atoms with E-state index in [0.717, 1.165) is 10.0 Å². The van der Waals surface area contributed by atoms with Crippen LogP contribution in [0.1, 0.15) is 11.1 Å². The average molecular weight is 360 g/mol. The average Bonchev–Trinajstić information content (AvgIpc) is 2.42. The Kier molecular flexibility index (Phi) is 5.12. The van der Waals surface area contributed by atoms with Gasteiger partial charge in [-0.25, -0.2) is 4.39 Å². The van der Waals surface area contributed by atoms with Gasteiger partial charge in [-0.2, -0.15) is 8.78 Å². The second-order valence-corrected chi connectivity index (χ2v) is 5.36. The second-order valence-electron chi connectivity index (χ2n) is 4.44. The minimum atomic E-state index is -2.89. The molecule has 6 heteroatoms. The molecule has 0 radical (unpaired) electrons. The predicted octanol–water partition coefficient (Wildman–Crippen LogP) is 5.11. The van der Waals surface area contributed by atoms with E-state index < -0.39 is 6.61 Å². The molecular weight excluding hydrogens is 347 g/mol. The van der Waals surface area contributed by atoms with Crippen molar-refractivity contribution < 1.29 is 17.9 Å². The molecular formula is C15H13BrF3NO. The third-order valence-electron chi connectivity index (χ3n) is 2.91. The Labute approximate surface area is 129 Å². The van der Waals surface area contributed by atoms with E-state index in [-0.39, 0.29) is 18.1 Å². The van der Waals surface area contributed by atoms with Gasteiger partial charge in [-0.3, -0.25) is 0 Å². The maximum absolute atomic E-state index is 13.2. The zero-order valence-electron chi connectivity index (χ0n) is 11.2. The van der Waals surface area contributed by atoms with Gasteiger partial charge in [0.05, 0.1) is 0 Å². The van der Waals surface area contributed by atoms with Crippen LogP contribution in [0.4, 0.5) is 18.9 Å². The summed E-state index contributed by atoms with van der Waals surface area (Å²) in [6.45, 7) is -0.814.